The van der Waals surface area contributed by atoms with E-state index in [0.717, 1.165) is 17.5 Å². The third-order valence-corrected chi connectivity index (χ3v) is 4.06. The number of amides is 1. The van der Waals surface area contributed by atoms with Crippen molar-refractivity contribution in [2.75, 3.05) is 0 Å². The molecule has 0 bridgehead atoms. The number of carbonyl (C=O) groups excluding carboxylic acids is 1. The van der Waals surface area contributed by atoms with Gasteiger partial charge in [0.05, 0.1) is 18.2 Å². The summed E-state index contributed by atoms with van der Waals surface area (Å²) in [6.45, 7) is 3.97. The highest BCUT2D eigenvalue weighted by Crippen LogP contribution is 2.31. The number of hydrogen-bond acceptors (Lipinski definition) is 3. The average Bonchev–Trinajstić information content (AvgIpc) is 2.73. The maximum absolute atomic E-state index is 12.1. The summed E-state index contributed by atoms with van der Waals surface area (Å²) in [5.41, 5.74) is 8.02. The van der Waals surface area contributed by atoms with E-state index in [2.05, 4.69) is 5.32 Å². The number of benzene rings is 1. The van der Waals surface area contributed by atoms with Crippen molar-refractivity contribution in [3.05, 3.63) is 35.4 Å². The molecular weight excluding hydrogens is 240 g/mol. The maximum Gasteiger partial charge on any atom is 0.237 e. The van der Waals surface area contributed by atoms with Gasteiger partial charge >= 0.3 is 0 Å². The average molecular weight is 262 g/mol. The Hall–Kier alpha value is -1.39. The van der Waals surface area contributed by atoms with Gasteiger partial charge in [-0.05, 0) is 17.0 Å². The van der Waals surface area contributed by atoms with Gasteiger partial charge in [-0.15, -0.1) is 0 Å². The summed E-state index contributed by atoms with van der Waals surface area (Å²) in [4.78, 5) is 12.1. The summed E-state index contributed by atoms with van der Waals surface area (Å²) in [5, 5.41) is 13.0. The maximum atomic E-state index is 12.1. The van der Waals surface area contributed by atoms with Crippen molar-refractivity contribution in [2.24, 2.45) is 11.7 Å². The monoisotopic (exact) mass is 262 g/mol. The van der Waals surface area contributed by atoms with E-state index in [1.807, 2.05) is 38.1 Å². The van der Waals surface area contributed by atoms with Gasteiger partial charge in [0, 0.05) is 6.42 Å². The van der Waals surface area contributed by atoms with Crippen LogP contribution in [0.15, 0.2) is 24.3 Å². The van der Waals surface area contributed by atoms with Crippen molar-refractivity contribution in [3.63, 3.8) is 0 Å². The van der Waals surface area contributed by atoms with Crippen LogP contribution < -0.4 is 11.1 Å². The second-order valence-corrected chi connectivity index (χ2v) is 5.37. The number of aliphatic hydroxyl groups excluding tert-OH is 1. The predicted octanol–water partition coefficient (Wildman–Crippen LogP) is 1.13. The van der Waals surface area contributed by atoms with Crippen LogP contribution in [0, 0.1) is 5.92 Å². The molecule has 4 N–H and O–H groups in total. The first-order valence-electron chi connectivity index (χ1n) is 6.86. The third kappa shape index (κ3) is 2.80. The molecule has 104 valence electrons. The van der Waals surface area contributed by atoms with Crippen LogP contribution in [-0.2, 0) is 11.2 Å². The lowest BCUT2D eigenvalue weighted by atomic mass is 9.98. The standard InChI is InChI=1S/C15H22N2O2/c1-3-9(2)13(16)15(19)17-14-11-7-5-4-6-10(11)8-12(14)18/h4-7,9,12-14,18H,3,8,16H2,1-2H3,(H,17,19)/t9?,12-,13?,14+/m0/s1. The predicted molar refractivity (Wildman–Crippen MR) is 74.5 cm³/mol. The molecule has 1 amide bonds. The van der Waals surface area contributed by atoms with Crippen molar-refractivity contribution in [1.29, 1.82) is 0 Å². The van der Waals surface area contributed by atoms with Gasteiger partial charge < -0.3 is 16.2 Å². The van der Waals surface area contributed by atoms with Crippen LogP contribution in [0.3, 0.4) is 0 Å². The third-order valence-electron chi connectivity index (χ3n) is 4.06. The number of rotatable bonds is 4. The molecule has 2 unspecified atom stereocenters. The van der Waals surface area contributed by atoms with Crippen LogP contribution in [0.1, 0.15) is 37.4 Å². The minimum atomic E-state index is -0.564. The molecule has 0 aliphatic heterocycles. The molecule has 0 saturated carbocycles. The Balaban J connectivity index is 2.09. The zero-order valence-corrected chi connectivity index (χ0v) is 11.5. The molecule has 1 aliphatic carbocycles. The zero-order chi connectivity index (χ0) is 14.0. The molecule has 0 heterocycles. The second kappa shape index (κ2) is 5.72. The SMILES string of the molecule is CCC(C)C(N)C(=O)N[C@@H]1c2ccccc2C[C@@H]1O. The molecule has 0 radical (unpaired) electrons. The van der Waals surface area contributed by atoms with Crippen LogP contribution in [-0.4, -0.2) is 23.2 Å². The smallest absolute Gasteiger partial charge is 0.237 e. The number of nitrogens with one attached hydrogen (secondary N) is 1. The van der Waals surface area contributed by atoms with Crippen LogP contribution in [0.25, 0.3) is 0 Å². The summed E-state index contributed by atoms with van der Waals surface area (Å²) < 4.78 is 0. The van der Waals surface area contributed by atoms with Crippen molar-refractivity contribution in [2.45, 2.75) is 44.9 Å². The van der Waals surface area contributed by atoms with Gasteiger partial charge in [-0.1, -0.05) is 44.5 Å². The van der Waals surface area contributed by atoms with Crippen LogP contribution >= 0.6 is 0 Å². The van der Waals surface area contributed by atoms with E-state index < -0.39 is 12.1 Å². The molecule has 0 saturated heterocycles. The minimum absolute atomic E-state index is 0.133. The molecule has 4 heteroatoms. The van der Waals surface area contributed by atoms with E-state index in [1.54, 1.807) is 0 Å². The summed E-state index contributed by atoms with van der Waals surface area (Å²) in [7, 11) is 0. The fourth-order valence-corrected chi connectivity index (χ4v) is 2.51. The van der Waals surface area contributed by atoms with Crippen LogP contribution in [0.5, 0.6) is 0 Å². The number of nitrogens with two attached hydrogens (primary N) is 1. The molecular formula is C15H22N2O2. The van der Waals surface area contributed by atoms with E-state index in [4.69, 9.17) is 5.73 Å². The first-order chi connectivity index (χ1) is 9.04. The Labute approximate surface area is 114 Å². The molecule has 4 nitrogen and oxygen atoms in total. The highest BCUT2D eigenvalue weighted by molar-refractivity contribution is 5.82. The number of carbonyl (C=O) groups is 1. The molecule has 4 atom stereocenters. The Kier molecular flexibility index (Phi) is 4.22. The summed E-state index contributed by atoms with van der Waals surface area (Å²) in [6.07, 6.45) is 0.878. The number of hydrogen-bond donors (Lipinski definition) is 3. The van der Waals surface area contributed by atoms with Crippen molar-refractivity contribution in [3.8, 4) is 0 Å². The minimum Gasteiger partial charge on any atom is -0.390 e. The van der Waals surface area contributed by atoms with Crippen LogP contribution in [0.4, 0.5) is 0 Å². The lowest BCUT2D eigenvalue weighted by Gasteiger charge is -2.23. The van der Waals surface area contributed by atoms with Gasteiger partial charge in [0.15, 0.2) is 0 Å². The van der Waals surface area contributed by atoms with Gasteiger partial charge in [-0.25, -0.2) is 0 Å². The molecule has 1 aromatic rings. The van der Waals surface area contributed by atoms with E-state index in [9.17, 15) is 9.90 Å². The first kappa shape index (κ1) is 14.0. The second-order valence-electron chi connectivity index (χ2n) is 5.37. The van der Waals surface area contributed by atoms with Gasteiger partial charge in [0.2, 0.25) is 5.91 Å². The largest absolute Gasteiger partial charge is 0.390 e. The van der Waals surface area contributed by atoms with Gasteiger partial charge in [-0.3, -0.25) is 4.79 Å². The Morgan fingerprint density at radius 3 is 2.89 bits per heavy atom. The van der Waals surface area contributed by atoms with Crippen molar-refractivity contribution in [1.82, 2.24) is 5.32 Å². The summed E-state index contributed by atoms with van der Waals surface area (Å²) >= 11 is 0. The highest BCUT2D eigenvalue weighted by atomic mass is 16.3. The Morgan fingerprint density at radius 1 is 1.53 bits per heavy atom. The normalized spacial score (nSPS) is 24.6. The van der Waals surface area contributed by atoms with Gasteiger partial charge in [-0.2, -0.15) is 0 Å². The van der Waals surface area contributed by atoms with Crippen molar-refractivity contribution < 1.29 is 9.90 Å². The highest BCUT2D eigenvalue weighted by Gasteiger charge is 2.33. The van der Waals surface area contributed by atoms with E-state index in [0.29, 0.717) is 6.42 Å². The molecule has 0 spiro atoms. The summed E-state index contributed by atoms with van der Waals surface area (Å²) in [5.74, 6) is -0.0520. The topological polar surface area (TPSA) is 75.4 Å². The quantitative estimate of drug-likeness (QED) is 0.761. The first-order valence-corrected chi connectivity index (χ1v) is 6.86. The number of aliphatic hydroxyl groups is 1. The Bertz CT molecular complexity index is 461. The number of fused-ring (bicyclic) bond motifs is 1. The van der Waals surface area contributed by atoms with Gasteiger partial charge in [0.25, 0.3) is 0 Å². The van der Waals surface area contributed by atoms with Gasteiger partial charge in [0.1, 0.15) is 0 Å². The van der Waals surface area contributed by atoms with E-state index in [-0.39, 0.29) is 17.9 Å². The lowest BCUT2D eigenvalue weighted by Crippen LogP contribution is -2.47. The molecule has 2 rings (SSSR count). The summed E-state index contributed by atoms with van der Waals surface area (Å²) in [6, 6.07) is 6.94. The van der Waals surface area contributed by atoms with Crippen LogP contribution in [0.2, 0.25) is 0 Å². The van der Waals surface area contributed by atoms with E-state index >= 15 is 0 Å². The molecule has 0 fully saturated rings. The zero-order valence-electron chi connectivity index (χ0n) is 11.5. The molecule has 1 aliphatic rings. The van der Waals surface area contributed by atoms with Crippen molar-refractivity contribution >= 4 is 5.91 Å². The molecule has 1 aromatic carbocycles. The fraction of sp³-hybridized carbons (Fsp3) is 0.533. The molecule has 0 aromatic heterocycles. The fourth-order valence-electron chi connectivity index (χ4n) is 2.51. The Morgan fingerprint density at radius 2 is 2.21 bits per heavy atom. The van der Waals surface area contributed by atoms with E-state index in [1.165, 1.54) is 0 Å². The molecule has 19 heavy (non-hydrogen) atoms. The lowest BCUT2D eigenvalue weighted by molar-refractivity contribution is -0.124.